The Morgan fingerprint density at radius 3 is 1.10 bits per heavy atom. The molecule has 0 aromatic carbocycles. The van der Waals surface area contributed by atoms with E-state index in [9.17, 15) is 0 Å². The summed E-state index contributed by atoms with van der Waals surface area (Å²) in [5.41, 5.74) is 0.0732. The smallest absolute Gasteiger partial charge is 0.104 e. The van der Waals surface area contributed by atoms with Gasteiger partial charge in [-0.2, -0.15) is 0 Å². The second kappa shape index (κ2) is 24.4. The van der Waals surface area contributed by atoms with Gasteiger partial charge in [0, 0.05) is 18.6 Å². The number of rotatable bonds is 30. The maximum absolute atomic E-state index is 5.76. The zero-order valence-corrected chi connectivity index (χ0v) is 38.4. The average molecular weight is 863 g/mol. The standard InChI is InChI=1S/C28H46O3.2C11H20O4/c1(7-20-10-13-23-26(16-20)29-23)4-19(5-2-8-21-11-14-24-27(17-21)30-24)6-3-9-22-12-15-25-28(18-22)31-25;1-11(2,7-12-3-9-5-14-9)8-13-4-10-6-15-10;1(2-4-12-6-10-8-14-10)3-5-13-7-11-9-15-11/h19-28H,1-18H2;9-10H,3-8H2,1-2H3;10-11H,1-9H2. The molecule has 0 bridgehead atoms. The summed E-state index contributed by atoms with van der Waals surface area (Å²) in [4.78, 5) is 0. The van der Waals surface area contributed by atoms with Gasteiger partial charge in [-0.15, -0.1) is 0 Å². The molecule has 11 heteroatoms. The van der Waals surface area contributed by atoms with Crippen molar-refractivity contribution in [1.82, 2.24) is 0 Å². The summed E-state index contributed by atoms with van der Waals surface area (Å²) in [5, 5.41) is 0. The topological polar surface area (TPSA) is 125 Å². The van der Waals surface area contributed by atoms with E-state index in [1.165, 1.54) is 122 Å². The minimum atomic E-state index is 0.0732. The minimum Gasteiger partial charge on any atom is -0.379 e. The molecule has 7 saturated heterocycles. The number of unbranched alkanes of at least 4 members (excludes halogenated alkanes) is 2. The molecule has 0 N–H and O–H groups in total. The molecule has 352 valence electrons. The van der Waals surface area contributed by atoms with Crippen LogP contribution >= 0.6 is 0 Å². The number of ether oxygens (including phenoxy) is 11. The van der Waals surface area contributed by atoms with Crippen LogP contribution in [0.1, 0.15) is 149 Å². The zero-order valence-electron chi connectivity index (χ0n) is 38.4. The van der Waals surface area contributed by atoms with Crippen molar-refractivity contribution < 1.29 is 52.1 Å². The molecule has 0 spiro atoms. The normalized spacial score (nSPS) is 37.4. The average Bonchev–Trinajstić information content (AvgIpc) is 4.04. The van der Waals surface area contributed by atoms with Gasteiger partial charge in [0.2, 0.25) is 0 Å². The van der Waals surface area contributed by atoms with Gasteiger partial charge in [0.25, 0.3) is 0 Å². The molecule has 10 rings (SSSR count). The molecule has 3 saturated carbocycles. The first kappa shape index (κ1) is 47.1. The number of fused-ring (bicyclic) bond motifs is 3. The van der Waals surface area contributed by atoms with Gasteiger partial charge in [-0.25, -0.2) is 0 Å². The molecule has 61 heavy (non-hydrogen) atoms. The van der Waals surface area contributed by atoms with Gasteiger partial charge in [-0.3, -0.25) is 0 Å². The lowest BCUT2D eigenvalue weighted by atomic mass is 9.81. The van der Waals surface area contributed by atoms with Gasteiger partial charge in [0.1, 0.15) is 24.4 Å². The first-order chi connectivity index (χ1) is 29.9. The third-order valence-electron chi connectivity index (χ3n) is 14.9. The van der Waals surface area contributed by atoms with E-state index < -0.39 is 0 Å². The highest BCUT2D eigenvalue weighted by Gasteiger charge is 2.45. The highest BCUT2D eigenvalue weighted by Crippen LogP contribution is 2.44. The summed E-state index contributed by atoms with van der Waals surface area (Å²) in [6, 6.07) is 0. The second-order valence-electron chi connectivity index (χ2n) is 21.6. The van der Waals surface area contributed by atoms with Crippen molar-refractivity contribution in [3.05, 3.63) is 0 Å². The van der Waals surface area contributed by atoms with Crippen LogP contribution in [0.3, 0.4) is 0 Å². The largest absolute Gasteiger partial charge is 0.379 e. The predicted molar refractivity (Wildman–Crippen MR) is 233 cm³/mol. The fraction of sp³-hybridized carbons (Fsp3) is 1.00. The van der Waals surface area contributed by atoms with E-state index in [1.807, 2.05) is 0 Å². The van der Waals surface area contributed by atoms with Crippen molar-refractivity contribution in [3.8, 4) is 0 Å². The number of epoxide rings is 7. The van der Waals surface area contributed by atoms with Gasteiger partial charge >= 0.3 is 0 Å². The van der Waals surface area contributed by atoms with Crippen molar-refractivity contribution in [1.29, 1.82) is 0 Å². The molecular formula is C50H86O11. The molecule has 0 amide bonds. The molecule has 7 heterocycles. The Kier molecular flexibility index (Phi) is 18.8. The lowest BCUT2D eigenvalue weighted by Crippen LogP contribution is -2.27. The predicted octanol–water partition coefficient (Wildman–Crippen LogP) is 8.65. The monoisotopic (exact) mass is 863 g/mol. The van der Waals surface area contributed by atoms with E-state index >= 15 is 0 Å². The van der Waals surface area contributed by atoms with Crippen LogP contribution in [0.4, 0.5) is 0 Å². The molecular weight excluding hydrogens is 777 g/mol. The second-order valence-corrected chi connectivity index (χ2v) is 21.6. The summed E-state index contributed by atoms with van der Waals surface area (Å²) in [7, 11) is 0. The van der Waals surface area contributed by atoms with Crippen LogP contribution in [-0.4, -0.2) is 140 Å². The molecule has 7 aliphatic heterocycles. The maximum Gasteiger partial charge on any atom is 0.104 e. The van der Waals surface area contributed by atoms with Crippen molar-refractivity contribution in [2.24, 2.45) is 29.1 Å². The Labute approximate surface area is 369 Å². The Bertz CT molecular complexity index is 1100. The number of hydrogen-bond acceptors (Lipinski definition) is 11. The van der Waals surface area contributed by atoms with Crippen molar-refractivity contribution in [2.75, 3.05) is 79.3 Å². The molecule has 3 aliphatic carbocycles. The van der Waals surface area contributed by atoms with Crippen LogP contribution in [0.5, 0.6) is 0 Å². The lowest BCUT2D eigenvalue weighted by molar-refractivity contribution is -0.0101. The lowest BCUT2D eigenvalue weighted by Gasteiger charge is -2.24. The van der Waals surface area contributed by atoms with Gasteiger partial charge in [-0.05, 0) is 101 Å². The Morgan fingerprint density at radius 1 is 0.426 bits per heavy atom. The first-order valence-corrected chi connectivity index (χ1v) is 25.6. The molecule has 10 fully saturated rings. The fourth-order valence-corrected chi connectivity index (χ4v) is 10.4. The van der Waals surface area contributed by atoms with Gasteiger partial charge < -0.3 is 52.1 Å². The quantitative estimate of drug-likeness (QED) is 0.0509. The zero-order chi connectivity index (χ0) is 41.7. The van der Waals surface area contributed by atoms with E-state index in [0.717, 1.165) is 116 Å². The van der Waals surface area contributed by atoms with Crippen LogP contribution in [-0.2, 0) is 52.1 Å². The van der Waals surface area contributed by atoms with Crippen molar-refractivity contribution >= 4 is 0 Å². The third kappa shape index (κ3) is 19.5. The first-order valence-electron chi connectivity index (χ1n) is 25.6. The van der Waals surface area contributed by atoms with Crippen molar-refractivity contribution in [3.63, 3.8) is 0 Å². The number of hydrogen-bond donors (Lipinski definition) is 0. The van der Waals surface area contributed by atoms with E-state index in [2.05, 4.69) is 13.8 Å². The van der Waals surface area contributed by atoms with Crippen LogP contribution in [0, 0.1) is 29.1 Å². The van der Waals surface area contributed by atoms with E-state index in [-0.39, 0.29) is 5.41 Å². The highest BCUT2D eigenvalue weighted by molar-refractivity contribution is 4.93. The fourth-order valence-electron chi connectivity index (χ4n) is 10.4. The molecule has 13 unspecified atom stereocenters. The molecule has 0 aromatic rings. The summed E-state index contributed by atoms with van der Waals surface area (Å²) in [5.74, 6) is 3.88. The maximum atomic E-state index is 5.76. The molecule has 0 aromatic heterocycles. The summed E-state index contributed by atoms with van der Waals surface area (Å²) in [6.07, 6.45) is 34.6. The van der Waals surface area contributed by atoms with Gasteiger partial charge in [0.05, 0.1) is 103 Å². The van der Waals surface area contributed by atoms with E-state index in [0.29, 0.717) is 61.0 Å². The molecule has 13 atom stereocenters. The van der Waals surface area contributed by atoms with E-state index in [4.69, 9.17) is 52.1 Å². The van der Waals surface area contributed by atoms with Gasteiger partial charge in [0.15, 0.2) is 0 Å². The SMILES string of the molecule is C(CC(CCCC1CCC2OC2C1)CCCC1CCC2OC2C1)CC1CCC2OC2C1.C(CCOCC1CO1)CCOCC1CO1.CC(C)(COCC1CO1)COCC1CO1. The third-order valence-corrected chi connectivity index (χ3v) is 14.9. The van der Waals surface area contributed by atoms with Crippen LogP contribution < -0.4 is 0 Å². The van der Waals surface area contributed by atoms with Crippen LogP contribution in [0.2, 0.25) is 0 Å². The Balaban J connectivity index is 0.000000143. The highest BCUT2D eigenvalue weighted by atomic mass is 16.6. The van der Waals surface area contributed by atoms with E-state index in [1.54, 1.807) is 0 Å². The molecule has 0 radical (unpaired) electrons. The molecule has 11 nitrogen and oxygen atoms in total. The Hall–Kier alpha value is -0.440. The molecule has 10 aliphatic rings. The summed E-state index contributed by atoms with van der Waals surface area (Å²) >= 11 is 0. The summed E-state index contributed by atoms with van der Waals surface area (Å²) in [6.45, 7) is 13.9. The van der Waals surface area contributed by atoms with Crippen LogP contribution in [0.15, 0.2) is 0 Å². The van der Waals surface area contributed by atoms with Crippen LogP contribution in [0.25, 0.3) is 0 Å². The van der Waals surface area contributed by atoms with Gasteiger partial charge in [-0.1, -0.05) is 71.6 Å². The van der Waals surface area contributed by atoms with Crippen molar-refractivity contribution in [2.45, 2.75) is 210 Å². The minimum absolute atomic E-state index is 0.0732. The summed E-state index contributed by atoms with van der Waals surface area (Å²) < 4.78 is 59.5. The Morgan fingerprint density at radius 2 is 0.770 bits per heavy atom.